The Morgan fingerprint density at radius 3 is 2.65 bits per heavy atom. The van der Waals surface area contributed by atoms with E-state index >= 15 is 0 Å². The highest BCUT2D eigenvalue weighted by atomic mass is 16.5. The van der Waals surface area contributed by atoms with Crippen molar-refractivity contribution in [3.05, 3.63) is 42.0 Å². The molecule has 0 aromatic heterocycles. The third-order valence-electron chi connectivity index (χ3n) is 2.28. The van der Waals surface area contributed by atoms with Gasteiger partial charge in [-0.1, -0.05) is 24.3 Å². The van der Waals surface area contributed by atoms with E-state index in [2.05, 4.69) is 0 Å². The van der Waals surface area contributed by atoms with Crippen molar-refractivity contribution < 1.29 is 14.6 Å². The fourth-order valence-corrected chi connectivity index (χ4v) is 1.30. The second-order valence-corrected chi connectivity index (χ2v) is 3.67. The lowest BCUT2D eigenvalue weighted by molar-refractivity contribution is -0.138. The molecule has 1 aromatic carbocycles. The second kappa shape index (κ2) is 6.70. The predicted molar refractivity (Wildman–Crippen MR) is 66.1 cm³/mol. The molecule has 92 valence electrons. The number of benzene rings is 1. The number of ether oxygens (including phenoxy) is 1. The first-order valence-electron chi connectivity index (χ1n) is 5.44. The van der Waals surface area contributed by atoms with Crippen LogP contribution in [0.5, 0.6) is 5.75 Å². The van der Waals surface area contributed by atoms with E-state index in [9.17, 15) is 4.79 Å². The molecule has 0 aliphatic heterocycles. The summed E-state index contributed by atoms with van der Waals surface area (Å²) in [6.45, 7) is 2.46. The quantitative estimate of drug-likeness (QED) is 0.734. The molecule has 0 spiro atoms. The van der Waals surface area contributed by atoms with Crippen LogP contribution < -0.4 is 10.5 Å². The molecule has 0 aliphatic rings. The molecule has 1 atom stereocenters. The number of carboxylic acid groups (broad SMARTS) is 1. The zero-order valence-corrected chi connectivity index (χ0v) is 9.80. The Bertz CT molecular complexity index is 384. The normalized spacial score (nSPS) is 12.6. The van der Waals surface area contributed by atoms with Crippen molar-refractivity contribution >= 4 is 5.97 Å². The molecule has 0 bridgehead atoms. The van der Waals surface area contributed by atoms with Gasteiger partial charge in [0, 0.05) is 0 Å². The summed E-state index contributed by atoms with van der Waals surface area (Å²) in [7, 11) is 0. The summed E-state index contributed by atoms with van der Waals surface area (Å²) in [5.41, 5.74) is 6.33. The van der Waals surface area contributed by atoms with Crippen LogP contribution in [0.2, 0.25) is 0 Å². The SMILES string of the molecule is CC=CCOc1ccc(C[C@H](N)C(=O)O)cc1. The molecule has 1 aromatic rings. The van der Waals surface area contributed by atoms with E-state index in [4.69, 9.17) is 15.6 Å². The number of allylic oxidation sites excluding steroid dienone is 1. The minimum Gasteiger partial charge on any atom is -0.490 e. The molecule has 3 N–H and O–H groups in total. The van der Waals surface area contributed by atoms with E-state index in [1.807, 2.05) is 43.3 Å². The number of hydrogen-bond donors (Lipinski definition) is 2. The number of nitrogens with two attached hydrogens (primary N) is 1. The molecule has 0 radical (unpaired) electrons. The summed E-state index contributed by atoms with van der Waals surface area (Å²) in [6, 6.07) is 6.42. The van der Waals surface area contributed by atoms with Gasteiger partial charge in [-0.15, -0.1) is 0 Å². The average molecular weight is 235 g/mol. The minimum atomic E-state index is -0.988. The highest BCUT2D eigenvalue weighted by Crippen LogP contribution is 2.13. The van der Waals surface area contributed by atoms with E-state index in [0.29, 0.717) is 13.0 Å². The number of carboxylic acids is 1. The Labute approximate surface area is 101 Å². The first kappa shape index (κ1) is 13.3. The predicted octanol–water partition coefficient (Wildman–Crippen LogP) is 1.60. The van der Waals surface area contributed by atoms with Gasteiger partial charge in [-0.25, -0.2) is 0 Å². The smallest absolute Gasteiger partial charge is 0.320 e. The lowest BCUT2D eigenvalue weighted by Crippen LogP contribution is -2.32. The van der Waals surface area contributed by atoms with Gasteiger partial charge in [-0.3, -0.25) is 4.79 Å². The average Bonchev–Trinajstić information content (AvgIpc) is 2.31. The standard InChI is InChI=1S/C13H17NO3/c1-2-3-8-17-11-6-4-10(5-7-11)9-12(14)13(15)16/h2-7,12H,8-9,14H2,1H3,(H,15,16)/t12-/m0/s1. The molecule has 0 unspecified atom stereocenters. The van der Waals surface area contributed by atoms with Crippen LogP contribution in [0.4, 0.5) is 0 Å². The first-order valence-corrected chi connectivity index (χ1v) is 5.44. The third-order valence-corrected chi connectivity index (χ3v) is 2.28. The summed E-state index contributed by atoms with van der Waals surface area (Å²) >= 11 is 0. The second-order valence-electron chi connectivity index (χ2n) is 3.67. The zero-order chi connectivity index (χ0) is 12.7. The van der Waals surface area contributed by atoms with E-state index in [0.717, 1.165) is 11.3 Å². The maximum Gasteiger partial charge on any atom is 0.320 e. The summed E-state index contributed by atoms with van der Waals surface area (Å²) in [5, 5.41) is 8.68. The molecule has 0 heterocycles. The van der Waals surface area contributed by atoms with Crippen LogP contribution in [0.1, 0.15) is 12.5 Å². The topological polar surface area (TPSA) is 72.5 Å². The van der Waals surface area contributed by atoms with E-state index in [1.54, 1.807) is 0 Å². The minimum absolute atomic E-state index is 0.324. The Balaban J connectivity index is 2.52. The van der Waals surface area contributed by atoms with Crippen LogP contribution in [0.15, 0.2) is 36.4 Å². The van der Waals surface area contributed by atoms with Gasteiger partial charge in [0.05, 0.1) is 0 Å². The fourth-order valence-electron chi connectivity index (χ4n) is 1.30. The van der Waals surface area contributed by atoms with Gasteiger partial charge in [0.15, 0.2) is 0 Å². The van der Waals surface area contributed by atoms with Crippen molar-refractivity contribution in [1.82, 2.24) is 0 Å². The Hall–Kier alpha value is -1.81. The molecule has 4 nitrogen and oxygen atoms in total. The lowest BCUT2D eigenvalue weighted by atomic mass is 10.1. The van der Waals surface area contributed by atoms with Gasteiger partial charge >= 0.3 is 5.97 Å². The molecule has 0 fully saturated rings. The third kappa shape index (κ3) is 4.70. The maximum absolute atomic E-state index is 10.6. The molecule has 0 amide bonds. The zero-order valence-electron chi connectivity index (χ0n) is 9.80. The van der Waals surface area contributed by atoms with E-state index in [1.165, 1.54) is 0 Å². The number of hydrogen-bond acceptors (Lipinski definition) is 3. The molecular weight excluding hydrogens is 218 g/mol. The van der Waals surface area contributed by atoms with Gasteiger partial charge in [0.2, 0.25) is 0 Å². The van der Waals surface area contributed by atoms with Crippen molar-refractivity contribution in [3.8, 4) is 5.75 Å². The molecule has 1 rings (SSSR count). The maximum atomic E-state index is 10.6. The van der Waals surface area contributed by atoms with Crippen molar-refractivity contribution in [2.45, 2.75) is 19.4 Å². The van der Waals surface area contributed by atoms with Gasteiger partial charge in [-0.05, 0) is 31.0 Å². The van der Waals surface area contributed by atoms with Gasteiger partial charge in [0.25, 0.3) is 0 Å². The van der Waals surface area contributed by atoms with Gasteiger partial charge < -0.3 is 15.6 Å². The van der Waals surface area contributed by atoms with E-state index < -0.39 is 12.0 Å². The highest BCUT2D eigenvalue weighted by Gasteiger charge is 2.11. The van der Waals surface area contributed by atoms with Crippen LogP contribution in [-0.4, -0.2) is 23.7 Å². The molecule has 0 aliphatic carbocycles. The van der Waals surface area contributed by atoms with Crippen molar-refractivity contribution in [2.24, 2.45) is 5.73 Å². The van der Waals surface area contributed by atoms with Crippen LogP contribution in [0, 0.1) is 0 Å². The molecule has 4 heteroatoms. The van der Waals surface area contributed by atoms with Crippen molar-refractivity contribution in [1.29, 1.82) is 0 Å². The summed E-state index contributed by atoms with van der Waals surface area (Å²) in [6.07, 6.45) is 4.15. The van der Waals surface area contributed by atoms with Crippen LogP contribution in [-0.2, 0) is 11.2 Å². The fraction of sp³-hybridized carbons (Fsp3) is 0.308. The largest absolute Gasteiger partial charge is 0.490 e. The van der Waals surface area contributed by atoms with Crippen LogP contribution in [0.25, 0.3) is 0 Å². The summed E-state index contributed by atoms with van der Waals surface area (Å²) < 4.78 is 5.42. The van der Waals surface area contributed by atoms with Crippen molar-refractivity contribution in [2.75, 3.05) is 6.61 Å². The summed E-state index contributed by atoms with van der Waals surface area (Å²) in [5.74, 6) is -0.228. The lowest BCUT2D eigenvalue weighted by Gasteiger charge is -2.07. The number of rotatable bonds is 6. The highest BCUT2D eigenvalue weighted by molar-refractivity contribution is 5.73. The van der Waals surface area contributed by atoms with Crippen molar-refractivity contribution in [3.63, 3.8) is 0 Å². The van der Waals surface area contributed by atoms with E-state index in [-0.39, 0.29) is 0 Å². The Morgan fingerprint density at radius 1 is 1.47 bits per heavy atom. The van der Waals surface area contributed by atoms with Gasteiger partial charge in [0.1, 0.15) is 18.4 Å². The molecule has 0 saturated carbocycles. The molecule has 0 saturated heterocycles. The number of carbonyl (C=O) groups is 1. The Morgan fingerprint density at radius 2 is 2.12 bits per heavy atom. The van der Waals surface area contributed by atoms with Crippen LogP contribution >= 0.6 is 0 Å². The monoisotopic (exact) mass is 235 g/mol. The van der Waals surface area contributed by atoms with Gasteiger partial charge in [-0.2, -0.15) is 0 Å². The first-order chi connectivity index (χ1) is 8.13. The van der Waals surface area contributed by atoms with Crippen LogP contribution in [0.3, 0.4) is 0 Å². The molecular formula is C13H17NO3. The Kier molecular flexibility index (Phi) is 5.23. The summed E-state index contributed by atoms with van der Waals surface area (Å²) in [4.78, 5) is 10.6. The number of aliphatic carboxylic acids is 1. The molecule has 17 heavy (non-hydrogen) atoms.